The van der Waals surface area contributed by atoms with Crippen LogP contribution in [0.5, 0.6) is 0 Å². The van der Waals surface area contributed by atoms with Crippen molar-refractivity contribution in [1.82, 2.24) is 10.2 Å². The maximum Gasteiger partial charge on any atom is 0.239 e. The van der Waals surface area contributed by atoms with Gasteiger partial charge < -0.3 is 14.6 Å². The summed E-state index contributed by atoms with van der Waals surface area (Å²) in [5.41, 5.74) is 2.05. The van der Waals surface area contributed by atoms with Crippen molar-refractivity contribution in [3.05, 3.63) is 35.6 Å². The first kappa shape index (κ1) is 14.1. The number of nitrogens with one attached hydrogen (secondary N) is 1. The van der Waals surface area contributed by atoms with E-state index in [2.05, 4.69) is 18.3 Å². The number of aryl methyl sites for hydroxylation is 1. The molecule has 1 fully saturated rings. The standard InChI is InChI=1S/C17H22N2O2/c1-3-15-13(12-7-4-5-9-16(12)21-15)11-19(2)17(20)14-8-6-10-18-14/h4-5,7,9,14,18H,3,6,8,10-11H2,1-2H3. The lowest BCUT2D eigenvalue weighted by molar-refractivity contribution is -0.132. The fourth-order valence-electron chi connectivity index (χ4n) is 3.08. The Morgan fingerprint density at radius 3 is 2.95 bits per heavy atom. The Morgan fingerprint density at radius 1 is 1.43 bits per heavy atom. The third kappa shape index (κ3) is 2.68. The molecule has 1 amide bonds. The molecule has 1 aliphatic rings. The zero-order valence-electron chi connectivity index (χ0n) is 12.7. The fraction of sp³-hybridized carbons (Fsp3) is 0.471. The van der Waals surface area contributed by atoms with Crippen LogP contribution in [-0.4, -0.2) is 30.4 Å². The second kappa shape index (κ2) is 5.90. The van der Waals surface area contributed by atoms with Gasteiger partial charge in [-0.1, -0.05) is 25.1 Å². The molecular weight excluding hydrogens is 264 g/mol. The molecule has 21 heavy (non-hydrogen) atoms. The predicted octanol–water partition coefficient (Wildman–Crippen LogP) is 2.71. The molecule has 1 N–H and O–H groups in total. The molecule has 0 spiro atoms. The summed E-state index contributed by atoms with van der Waals surface area (Å²) in [6.45, 7) is 3.64. The van der Waals surface area contributed by atoms with Crippen LogP contribution in [0, 0.1) is 0 Å². The molecule has 1 atom stereocenters. The summed E-state index contributed by atoms with van der Waals surface area (Å²) in [6, 6.07) is 8.03. The van der Waals surface area contributed by atoms with E-state index in [1.54, 1.807) is 0 Å². The van der Waals surface area contributed by atoms with Crippen LogP contribution in [0.2, 0.25) is 0 Å². The van der Waals surface area contributed by atoms with Crippen molar-refractivity contribution in [2.24, 2.45) is 0 Å². The summed E-state index contributed by atoms with van der Waals surface area (Å²) >= 11 is 0. The van der Waals surface area contributed by atoms with Crippen LogP contribution < -0.4 is 5.32 Å². The van der Waals surface area contributed by atoms with Crippen molar-refractivity contribution in [2.45, 2.75) is 38.8 Å². The van der Waals surface area contributed by atoms with E-state index in [1.165, 1.54) is 0 Å². The molecule has 3 rings (SSSR count). The molecule has 0 saturated carbocycles. The van der Waals surface area contributed by atoms with Crippen molar-refractivity contribution in [2.75, 3.05) is 13.6 Å². The monoisotopic (exact) mass is 286 g/mol. The number of hydrogen-bond acceptors (Lipinski definition) is 3. The number of fused-ring (bicyclic) bond motifs is 1. The predicted molar refractivity (Wildman–Crippen MR) is 83.1 cm³/mol. The number of benzene rings is 1. The smallest absolute Gasteiger partial charge is 0.239 e. The molecule has 1 unspecified atom stereocenters. The van der Waals surface area contributed by atoms with Crippen molar-refractivity contribution in [1.29, 1.82) is 0 Å². The lowest BCUT2D eigenvalue weighted by Gasteiger charge is -2.21. The van der Waals surface area contributed by atoms with Crippen LogP contribution in [0.4, 0.5) is 0 Å². The largest absolute Gasteiger partial charge is 0.461 e. The van der Waals surface area contributed by atoms with Gasteiger partial charge in [-0.25, -0.2) is 0 Å². The first-order valence-electron chi connectivity index (χ1n) is 7.68. The quantitative estimate of drug-likeness (QED) is 0.940. The topological polar surface area (TPSA) is 45.5 Å². The minimum Gasteiger partial charge on any atom is -0.461 e. The molecule has 0 radical (unpaired) electrons. The number of carbonyl (C=O) groups is 1. The van der Waals surface area contributed by atoms with Crippen molar-refractivity contribution >= 4 is 16.9 Å². The zero-order chi connectivity index (χ0) is 14.8. The van der Waals surface area contributed by atoms with Crippen LogP contribution in [0.1, 0.15) is 31.1 Å². The van der Waals surface area contributed by atoms with E-state index in [0.717, 1.165) is 48.1 Å². The Hall–Kier alpha value is -1.81. The van der Waals surface area contributed by atoms with Crippen molar-refractivity contribution in [3.8, 4) is 0 Å². The molecule has 1 aliphatic heterocycles. The highest BCUT2D eigenvalue weighted by atomic mass is 16.3. The lowest BCUT2D eigenvalue weighted by Crippen LogP contribution is -2.41. The molecule has 1 aromatic carbocycles. The molecule has 1 aromatic heterocycles. The summed E-state index contributed by atoms with van der Waals surface area (Å²) in [5.74, 6) is 1.16. The van der Waals surface area contributed by atoms with E-state index >= 15 is 0 Å². The minimum atomic E-state index is -0.0155. The maximum atomic E-state index is 12.4. The average molecular weight is 286 g/mol. The van der Waals surface area contributed by atoms with Gasteiger partial charge in [0.25, 0.3) is 0 Å². The molecule has 1 saturated heterocycles. The number of amides is 1. The van der Waals surface area contributed by atoms with E-state index in [-0.39, 0.29) is 11.9 Å². The van der Waals surface area contributed by atoms with Gasteiger partial charge >= 0.3 is 0 Å². The molecular formula is C17H22N2O2. The van der Waals surface area contributed by atoms with Crippen LogP contribution in [0.15, 0.2) is 28.7 Å². The van der Waals surface area contributed by atoms with Gasteiger partial charge in [0.1, 0.15) is 11.3 Å². The van der Waals surface area contributed by atoms with Gasteiger partial charge in [-0.2, -0.15) is 0 Å². The molecule has 0 bridgehead atoms. The number of carbonyl (C=O) groups excluding carboxylic acids is 1. The zero-order valence-corrected chi connectivity index (χ0v) is 12.7. The second-order valence-corrected chi connectivity index (χ2v) is 5.70. The summed E-state index contributed by atoms with van der Waals surface area (Å²) in [5, 5.41) is 4.39. The second-order valence-electron chi connectivity index (χ2n) is 5.70. The molecule has 2 aromatic rings. The number of nitrogens with zero attached hydrogens (tertiary/aromatic N) is 1. The highest BCUT2D eigenvalue weighted by Gasteiger charge is 2.26. The number of furan rings is 1. The van der Waals surface area contributed by atoms with Crippen LogP contribution in [0.3, 0.4) is 0 Å². The van der Waals surface area contributed by atoms with E-state index < -0.39 is 0 Å². The van der Waals surface area contributed by atoms with Gasteiger partial charge in [0.2, 0.25) is 5.91 Å². The normalized spacial score (nSPS) is 18.3. The van der Waals surface area contributed by atoms with Gasteiger partial charge in [-0.15, -0.1) is 0 Å². The fourth-order valence-corrected chi connectivity index (χ4v) is 3.08. The Labute approximate surface area is 125 Å². The van der Waals surface area contributed by atoms with Gasteiger partial charge in [0.05, 0.1) is 6.04 Å². The highest BCUT2D eigenvalue weighted by molar-refractivity contribution is 5.85. The van der Waals surface area contributed by atoms with E-state index in [1.807, 2.05) is 30.1 Å². The van der Waals surface area contributed by atoms with Crippen molar-refractivity contribution < 1.29 is 9.21 Å². The Kier molecular flexibility index (Phi) is 3.97. The number of likely N-dealkylation sites (N-methyl/N-ethyl adjacent to an activating group) is 1. The van der Waals surface area contributed by atoms with Crippen LogP contribution in [0.25, 0.3) is 11.0 Å². The van der Waals surface area contributed by atoms with Crippen molar-refractivity contribution in [3.63, 3.8) is 0 Å². The molecule has 4 heteroatoms. The SMILES string of the molecule is CCc1oc2ccccc2c1CN(C)C(=O)C1CCCN1. The summed E-state index contributed by atoms with van der Waals surface area (Å²) < 4.78 is 5.90. The van der Waals surface area contributed by atoms with Crippen LogP contribution in [-0.2, 0) is 17.8 Å². The molecule has 4 nitrogen and oxygen atoms in total. The van der Waals surface area contributed by atoms with Gasteiger partial charge in [-0.05, 0) is 25.5 Å². The summed E-state index contributed by atoms with van der Waals surface area (Å²) in [4.78, 5) is 14.3. The Balaban J connectivity index is 1.84. The number of para-hydroxylation sites is 1. The third-order valence-corrected chi connectivity index (χ3v) is 4.23. The Morgan fingerprint density at radius 2 is 2.24 bits per heavy atom. The minimum absolute atomic E-state index is 0.0155. The lowest BCUT2D eigenvalue weighted by atomic mass is 10.1. The molecule has 2 heterocycles. The first-order valence-corrected chi connectivity index (χ1v) is 7.68. The Bertz CT molecular complexity index is 641. The molecule has 112 valence electrons. The van der Waals surface area contributed by atoms with E-state index in [4.69, 9.17) is 4.42 Å². The third-order valence-electron chi connectivity index (χ3n) is 4.23. The summed E-state index contributed by atoms with van der Waals surface area (Å²) in [6.07, 6.45) is 2.86. The number of hydrogen-bond donors (Lipinski definition) is 1. The van der Waals surface area contributed by atoms with E-state index in [9.17, 15) is 4.79 Å². The van der Waals surface area contributed by atoms with Gasteiger partial charge in [-0.3, -0.25) is 4.79 Å². The molecule has 0 aliphatic carbocycles. The summed E-state index contributed by atoms with van der Waals surface area (Å²) in [7, 11) is 1.88. The van der Waals surface area contributed by atoms with E-state index in [0.29, 0.717) is 6.54 Å². The number of rotatable bonds is 4. The maximum absolute atomic E-state index is 12.4. The van der Waals surface area contributed by atoms with Crippen LogP contribution >= 0.6 is 0 Å². The highest BCUT2D eigenvalue weighted by Crippen LogP contribution is 2.27. The first-order chi connectivity index (χ1) is 10.2. The van der Waals surface area contributed by atoms with Gasteiger partial charge in [0, 0.05) is 31.0 Å². The average Bonchev–Trinajstić information content (AvgIpc) is 3.14. The van der Waals surface area contributed by atoms with Gasteiger partial charge in [0.15, 0.2) is 0 Å².